The zero-order chi connectivity index (χ0) is 15.7. The van der Waals surface area contributed by atoms with Crippen LogP contribution in [0.1, 0.15) is 27.9 Å². The lowest BCUT2D eigenvalue weighted by atomic mass is 9.85. The van der Waals surface area contributed by atoms with Crippen LogP contribution in [0.4, 0.5) is 0 Å². The highest BCUT2D eigenvalue weighted by Crippen LogP contribution is 2.33. The smallest absolute Gasteiger partial charge is 0.189 e. The van der Waals surface area contributed by atoms with Crippen molar-refractivity contribution >= 4 is 35.1 Å². The summed E-state index contributed by atoms with van der Waals surface area (Å²) < 4.78 is 5.34. The van der Waals surface area contributed by atoms with Gasteiger partial charge in [0, 0.05) is 16.7 Å². The summed E-state index contributed by atoms with van der Waals surface area (Å²) in [6, 6.07) is 10.9. The van der Waals surface area contributed by atoms with Gasteiger partial charge in [0.1, 0.15) is 5.75 Å². The Kier molecular flexibility index (Phi) is 4.23. The van der Waals surface area contributed by atoms with E-state index in [-0.39, 0.29) is 5.78 Å². The molecule has 1 aliphatic rings. The molecule has 0 N–H and O–H groups in total. The molecular formula is C18H14Cl2O2. The Morgan fingerprint density at radius 1 is 1.09 bits per heavy atom. The van der Waals surface area contributed by atoms with E-state index in [9.17, 15) is 4.79 Å². The molecule has 1 aliphatic carbocycles. The van der Waals surface area contributed by atoms with Crippen molar-refractivity contribution in [3.63, 3.8) is 0 Å². The number of carbonyl (C=O) groups is 1. The lowest BCUT2D eigenvalue weighted by Gasteiger charge is -2.19. The molecule has 2 aromatic rings. The van der Waals surface area contributed by atoms with Crippen molar-refractivity contribution in [3.05, 3.63) is 68.7 Å². The molecule has 0 fully saturated rings. The van der Waals surface area contributed by atoms with E-state index in [1.54, 1.807) is 19.2 Å². The summed E-state index contributed by atoms with van der Waals surface area (Å²) in [4.78, 5) is 12.7. The van der Waals surface area contributed by atoms with E-state index in [0.717, 1.165) is 34.4 Å². The van der Waals surface area contributed by atoms with Gasteiger partial charge in [-0.15, -0.1) is 0 Å². The SMILES string of the molecule is COc1cccc2c1CC/C(=C/c1ccc(Cl)c(Cl)c1)C2=O. The van der Waals surface area contributed by atoms with Gasteiger partial charge in [-0.2, -0.15) is 0 Å². The van der Waals surface area contributed by atoms with E-state index in [1.165, 1.54) is 0 Å². The van der Waals surface area contributed by atoms with Crippen LogP contribution in [0, 0.1) is 0 Å². The van der Waals surface area contributed by atoms with Crippen LogP contribution in [-0.2, 0) is 6.42 Å². The first-order chi connectivity index (χ1) is 10.6. The Hall–Kier alpha value is -1.77. The lowest BCUT2D eigenvalue weighted by Crippen LogP contribution is -2.15. The molecule has 0 bridgehead atoms. The molecule has 22 heavy (non-hydrogen) atoms. The van der Waals surface area contributed by atoms with Crippen molar-refractivity contribution in [2.75, 3.05) is 7.11 Å². The molecule has 0 atom stereocenters. The van der Waals surface area contributed by atoms with Gasteiger partial charge < -0.3 is 4.74 Å². The topological polar surface area (TPSA) is 26.3 Å². The van der Waals surface area contributed by atoms with E-state index >= 15 is 0 Å². The minimum absolute atomic E-state index is 0.0474. The van der Waals surface area contributed by atoms with Gasteiger partial charge >= 0.3 is 0 Å². The maximum absolute atomic E-state index is 12.7. The number of hydrogen-bond donors (Lipinski definition) is 0. The lowest BCUT2D eigenvalue weighted by molar-refractivity contribution is 0.102. The fraction of sp³-hybridized carbons (Fsp3) is 0.167. The first kappa shape index (κ1) is 15.1. The van der Waals surface area contributed by atoms with E-state index in [1.807, 2.05) is 30.3 Å². The van der Waals surface area contributed by atoms with Crippen molar-refractivity contribution in [1.82, 2.24) is 0 Å². The monoisotopic (exact) mass is 332 g/mol. The van der Waals surface area contributed by atoms with Crippen molar-refractivity contribution in [2.24, 2.45) is 0 Å². The summed E-state index contributed by atoms with van der Waals surface area (Å²) in [6.07, 6.45) is 3.36. The second-order valence-corrected chi connectivity index (χ2v) is 5.97. The van der Waals surface area contributed by atoms with Crippen LogP contribution >= 0.6 is 23.2 Å². The molecule has 0 radical (unpaired) electrons. The number of halogens is 2. The molecule has 112 valence electrons. The Morgan fingerprint density at radius 2 is 1.91 bits per heavy atom. The van der Waals surface area contributed by atoms with Crippen LogP contribution < -0.4 is 4.74 Å². The molecule has 0 aromatic heterocycles. The molecule has 0 spiro atoms. The van der Waals surface area contributed by atoms with Gasteiger partial charge in [-0.25, -0.2) is 0 Å². The van der Waals surface area contributed by atoms with Crippen LogP contribution in [0.15, 0.2) is 42.0 Å². The van der Waals surface area contributed by atoms with Crippen LogP contribution in [0.3, 0.4) is 0 Å². The van der Waals surface area contributed by atoms with Gasteiger partial charge in [0.05, 0.1) is 17.2 Å². The average Bonchev–Trinajstić information content (AvgIpc) is 2.53. The molecule has 4 heteroatoms. The quantitative estimate of drug-likeness (QED) is 0.705. The summed E-state index contributed by atoms with van der Waals surface area (Å²) in [5, 5.41) is 0.996. The molecule has 0 saturated carbocycles. The number of methoxy groups -OCH3 is 1. The van der Waals surface area contributed by atoms with Crippen molar-refractivity contribution in [2.45, 2.75) is 12.8 Å². The number of benzene rings is 2. The third kappa shape index (κ3) is 2.77. The molecule has 2 nitrogen and oxygen atoms in total. The molecule has 0 saturated heterocycles. The van der Waals surface area contributed by atoms with Gasteiger partial charge in [0.2, 0.25) is 0 Å². The zero-order valence-electron chi connectivity index (χ0n) is 12.0. The number of fused-ring (bicyclic) bond motifs is 1. The van der Waals surface area contributed by atoms with E-state index in [0.29, 0.717) is 16.5 Å². The summed E-state index contributed by atoms with van der Waals surface area (Å²) in [6.45, 7) is 0. The van der Waals surface area contributed by atoms with Gasteiger partial charge in [0.25, 0.3) is 0 Å². The Bertz CT molecular complexity index is 779. The minimum Gasteiger partial charge on any atom is -0.496 e. The van der Waals surface area contributed by atoms with Crippen LogP contribution in [0.25, 0.3) is 6.08 Å². The fourth-order valence-corrected chi connectivity index (χ4v) is 3.02. The number of allylic oxidation sites excluding steroid dienone is 1. The van der Waals surface area contributed by atoms with Crippen LogP contribution in [0.5, 0.6) is 5.75 Å². The normalized spacial score (nSPS) is 15.8. The molecule has 0 unspecified atom stereocenters. The van der Waals surface area contributed by atoms with Crippen LogP contribution in [-0.4, -0.2) is 12.9 Å². The molecule has 0 amide bonds. The third-order valence-corrected chi connectivity index (χ3v) is 4.56. The zero-order valence-corrected chi connectivity index (χ0v) is 13.5. The van der Waals surface area contributed by atoms with Gasteiger partial charge in [-0.05, 0) is 42.7 Å². The number of Topliss-reactive ketones (excluding diaryl/α,β-unsaturated/α-hetero) is 1. The summed E-state index contributed by atoms with van der Waals surface area (Å²) in [5.41, 5.74) is 3.36. The number of rotatable bonds is 2. The fourth-order valence-electron chi connectivity index (χ4n) is 2.71. The average molecular weight is 333 g/mol. The van der Waals surface area contributed by atoms with Gasteiger partial charge in [0.15, 0.2) is 5.78 Å². The Labute approximate surface area is 139 Å². The minimum atomic E-state index is 0.0474. The predicted octanol–water partition coefficient (Wildman–Crippen LogP) is 5.21. The highest BCUT2D eigenvalue weighted by Gasteiger charge is 2.24. The molecule has 0 heterocycles. The van der Waals surface area contributed by atoms with Gasteiger partial charge in [-0.1, -0.05) is 41.4 Å². The first-order valence-electron chi connectivity index (χ1n) is 6.96. The first-order valence-corrected chi connectivity index (χ1v) is 7.72. The van der Waals surface area contributed by atoms with Gasteiger partial charge in [-0.3, -0.25) is 4.79 Å². The molecule has 2 aromatic carbocycles. The molecular weight excluding hydrogens is 319 g/mol. The molecule has 3 rings (SSSR count). The van der Waals surface area contributed by atoms with E-state index in [4.69, 9.17) is 27.9 Å². The maximum atomic E-state index is 12.7. The number of ether oxygens (including phenoxy) is 1. The van der Waals surface area contributed by atoms with E-state index < -0.39 is 0 Å². The summed E-state index contributed by atoms with van der Waals surface area (Å²) in [5.74, 6) is 0.825. The van der Waals surface area contributed by atoms with Crippen molar-refractivity contribution < 1.29 is 9.53 Å². The maximum Gasteiger partial charge on any atom is 0.189 e. The number of ketones is 1. The highest BCUT2D eigenvalue weighted by atomic mass is 35.5. The highest BCUT2D eigenvalue weighted by molar-refractivity contribution is 6.42. The number of carbonyl (C=O) groups excluding carboxylic acids is 1. The molecule has 0 aliphatic heterocycles. The standard InChI is InChI=1S/C18H14Cl2O2/c1-22-17-4-2-3-14-13(17)7-6-12(18(14)21)9-11-5-8-15(19)16(20)10-11/h2-5,8-10H,6-7H2,1H3/b12-9-. The second-order valence-electron chi connectivity index (χ2n) is 5.16. The third-order valence-electron chi connectivity index (χ3n) is 3.82. The van der Waals surface area contributed by atoms with Crippen LogP contribution in [0.2, 0.25) is 10.0 Å². The summed E-state index contributed by atoms with van der Waals surface area (Å²) >= 11 is 11.9. The Morgan fingerprint density at radius 3 is 2.64 bits per heavy atom. The predicted molar refractivity (Wildman–Crippen MR) is 90.1 cm³/mol. The summed E-state index contributed by atoms with van der Waals surface area (Å²) in [7, 11) is 1.63. The largest absolute Gasteiger partial charge is 0.496 e. The van der Waals surface area contributed by atoms with E-state index in [2.05, 4.69) is 0 Å². The van der Waals surface area contributed by atoms with Crippen molar-refractivity contribution in [1.29, 1.82) is 0 Å². The van der Waals surface area contributed by atoms with Crippen molar-refractivity contribution in [3.8, 4) is 5.75 Å². The number of hydrogen-bond acceptors (Lipinski definition) is 2. The second kappa shape index (κ2) is 6.15. The Balaban J connectivity index is 1.99.